The van der Waals surface area contributed by atoms with Gasteiger partial charge in [0, 0.05) is 17.8 Å². The lowest BCUT2D eigenvalue weighted by Crippen LogP contribution is -2.54. The molecule has 28 heavy (non-hydrogen) atoms. The summed E-state index contributed by atoms with van der Waals surface area (Å²) in [5.74, 6) is -2.68. The van der Waals surface area contributed by atoms with Crippen LogP contribution in [-0.4, -0.2) is 42.1 Å². The Hall–Kier alpha value is -2.72. The maximum atomic E-state index is 12.8. The molecular formula is C17H20F3N5O3. The number of aliphatic carboxylic acids is 1. The number of nitrogens with one attached hydrogen (secondary N) is 1. The van der Waals surface area contributed by atoms with E-state index in [2.05, 4.69) is 20.4 Å². The number of carbonyl (C=O) groups is 2. The maximum Gasteiger partial charge on any atom is 0.453 e. The minimum atomic E-state index is -4.67. The predicted molar refractivity (Wildman–Crippen MR) is 90.6 cm³/mol. The average Bonchev–Trinajstić information content (AvgIpc) is 2.96. The van der Waals surface area contributed by atoms with E-state index in [-0.39, 0.29) is 30.9 Å². The van der Waals surface area contributed by atoms with E-state index in [1.165, 1.54) is 0 Å². The number of nitrogens with zero attached hydrogens (tertiary/aromatic N) is 4. The molecule has 0 unspecified atom stereocenters. The van der Waals surface area contributed by atoms with Crippen molar-refractivity contribution in [3.8, 4) is 0 Å². The summed E-state index contributed by atoms with van der Waals surface area (Å²) in [5, 5.41) is 15.3. The summed E-state index contributed by atoms with van der Waals surface area (Å²) in [5.41, 5.74) is 0.829. The Morgan fingerprint density at radius 1 is 1.25 bits per heavy atom. The van der Waals surface area contributed by atoms with Crippen LogP contribution in [0, 0.1) is 13.8 Å². The standard InChI is InChI=1S/C17H20F3N5O3/c1-9-11(4-5-12(26)23-16(6-3-7-16)8-13(27)28)10(2)25-15(21-9)22-14(24-25)17(18,19)20/h3-8H2,1-2H3,(H,23,26)(H,27,28). The summed E-state index contributed by atoms with van der Waals surface area (Å²) >= 11 is 0. The van der Waals surface area contributed by atoms with Crippen molar-refractivity contribution >= 4 is 17.7 Å². The number of hydrogen-bond acceptors (Lipinski definition) is 5. The molecule has 2 N–H and O–H groups in total. The Morgan fingerprint density at radius 2 is 1.93 bits per heavy atom. The van der Waals surface area contributed by atoms with Gasteiger partial charge in [-0.2, -0.15) is 18.2 Å². The van der Waals surface area contributed by atoms with E-state index >= 15 is 0 Å². The van der Waals surface area contributed by atoms with E-state index in [9.17, 15) is 22.8 Å². The van der Waals surface area contributed by atoms with Crippen LogP contribution in [0.3, 0.4) is 0 Å². The molecule has 3 rings (SSSR count). The van der Waals surface area contributed by atoms with Gasteiger partial charge in [-0.1, -0.05) is 0 Å². The molecule has 0 bridgehead atoms. The van der Waals surface area contributed by atoms with Gasteiger partial charge in [-0.15, -0.1) is 5.10 Å². The van der Waals surface area contributed by atoms with Gasteiger partial charge in [-0.3, -0.25) is 9.59 Å². The second-order valence-electron chi connectivity index (χ2n) is 7.16. The van der Waals surface area contributed by atoms with E-state index in [4.69, 9.17) is 5.11 Å². The highest BCUT2D eigenvalue weighted by molar-refractivity contribution is 5.79. The van der Waals surface area contributed by atoms with Gasteiger partial charge in [0.05, 0.1) is 12.0 Å². The second kappa shape index (κ2) is 7.02. The summed E-state index contributed by atoms with van der Waals surface area (Å²) in [6, 6.07) is 0. The first kappa shape index (κ1) is 20.0. The average molecular weight is 399 g/mol. The van der Waals surface area contributed by atoms with Crippen molar-refractivity contribution < 1.29 is 27.9 Å². The number of amides is 1. The molecule has 1 aliphatic rings. The van der Waals surface area contributed by atoms with Crippen LogP contribution in [0.25, 0.3) is 5.78 Å². The van der Waals surface area contributed by atoms with Crippen molar-refractivity contribution in [3.05, 3.63) is 22.8 Å². The van der Waals surface area contributed by atoms with Gasteiger partial charge in [0.15, 0.2) is 0 Å². The van der Waals surface area contributed by atoms with E-state index in [1.54, 1.807) is 13.8 Å². The van der Waals surface area contributed by atoms with Crippen LogP contribution in [0.5, 0.6) is 0 Å². The summed E-state index contributed by atoms with van der Waals surface area (Å²) in [6.07, 6.45) is -2.38. The molecule has 2 aromatic heterocycles. The Bertz CT molecular complexity index is 934. The quantitative estimate of drug-likeness (QED) is 0.771. The number of fused-ring (bicyclic) bond motifs is 1. The smallest absolute Gasteiger partial charge is 0.453 e. The van der Waals surface area contributed by atoms with Gasteiger partial charge in [0.2, 0.25) is 5.91 Å². The summed E-state index contributed by atoms with van der Waals surface area (Å²) in [7, 11) is 0. The van der Waals surface area contributed by atoms with Crippen LogP contribution in [-0.2, 0) is 22.2 Å². The molecule has 2 heterocycles. The van der Waals surface area contributed by atoms with Crippen LogP contribution >= 0.6 is 0 Å². The largest absolute Gasteiger partial charge is 0.481 e. The highest BCUT2D eigenvalue weighted by Crippen LogP contribution is 2.35. The number of carboxylic acid groups (broad SMARTS) is 1. The van der Waals surface area contributed by atoms with E-state index < -0.39 is 23.5 Å². The highest BCUT2D eigenvalue weighted by Gasteiger charge is 2.40. The highest BCUT2D eigenvalue weighted by atomic mass is 19.4. The Labute approximate surface area is 158 Å². The molecule has 2 aromatic rings. The van der Waals surface area contributed by atoms with Gasteiger partial charge in [-0.05, 0) is 45.1 Å². The Kier molecular flexibility index (Phi) is 5.02. The minimum absolute atomic E-state index is 0.0665. The second-order valence-corrected chi connectivity index (χ2v) is 7.16. The molecule has 1 amide bonds. The first-order chi connectivity index (χ1) is 13.0. The fourth-order valence-corrected chi connectivity index (χ4v) is 3.53. The third-order valence-corrected chi connectivity index (χ3v) is 5.11. The van der Waals surface area contributed by atoms with Gasteiger partial charge in [0.1, 0.15) is 0 Å². The fraction of sp³-hybridized carbons (Fsp3) is 0.588. The zero-order valence-electron chi connectivity index (χ0n) is 15.4. The molecule has 1 saturated carbocycles. The molecule has 1 aliphatic carbocycles. The van der Waals surface area contributed by atoms with Gasteiger partial charge < -0.3 is 10.4 Å². The topological polar surface area (TPSA) is 109 Å². The lowest BCUT2D eigenvalue weighted by Gasteiger charge is -2.41. The number of halogens is 3. The minimum Gasteiger partial charge on any atom is -0.481 e. The van der Waals surface area contributed by atoms with Crippen molar-refractivity contribution in [1.29, 1.82) is 0 Å². The van der Waals surface area contributed by atoms with Crippen LogP contribution < -0.4 is 5.32 Å². The van der Waals surface area contributed by atoms with E-state index in [0.717, 1.165) is 10.9 Å². The number of aromatic nitrogens is 4. The third-order valence-electron chi connectivity index (χ3n) is 5.11. The monoisotopic (exact) mass is 399 g/mol. The summed E-state index contributed by atoms with van der Waals surface area (Å²) in [4.78, 5) is 30.8. The first-order valence-electron chi connectivity index (χ1n) is 8.84. The maximum absolute atomic E-state index is 12.8. The van der Waals surface area contributed by atoms with Gasteiger partial charge in [-0.25, -0.2) is 9.50 Å². The zero-order valence-corrected chi connectivity index (χ0v) is 15.4. The number of hydrogen-bond donors (Lipinski definition) is 2. The third kappa shape index (κ3) is 3.92. The molecule has 0 atom stereocenters. The number of carboxylic acids is 1. The molecule has 0 saturated heterocycles. The zero-order chi connectivity index (χ0) is 20.7. The summed E-state index contributed by atoms with van der Waals surface area (Å²) in [6.45, 7) is 3.24. The van der Waals surface area contributed by atoms with Gasteiger partial charge >= 0.3 is 12.1 Å². The summed E-state index contributed by atoms with van der Waals surface area (Å²) < 4.78 is 39.5. The first-order valence-corrected chi connectivity index (χ1v) is 8.84. The number of carbonyl (C=O) groups excluding carboxylic acids is 1. The van der Waals surface area contributed by atoms with E-state index in [0.29, 0.717) is 29.8 Å². The SMILES string of the molecule is Cc1nc2nc(C(F)(F)F)nn2c(C)c1CCC(=O)NC1(CC(=O)O)CCC1. The molecule has 0 spiro atoms. The molecule has 0 aromatic carbocycles. The lowest BCUT2D eigenvalue weighted by atomic mass is 9.74. The van der Waals surface area contributed by atoms with Crippen molar-refractivity contribution in [1.82, 2.24) is 24.9 Å². The molecule has 11 heteroatoms. The van der Waals surface area contributed by atoms with Crippen molar-refractivity contribution in [3.63, 3.8) is 0 Å². The molecule has 0 radical (unpaired) electrons. The number of rotatable bonds is 6. The van der Waals surface area contributed by atoms with Crippen molar-refractivity contribution in [2.45, 2.75) is 64.1 Å². The molecule has 0 aliphatic heterocycles. The van der Waals surface area contributed by atoms with Crippen LogP contribution in [0.15, 0.2) is 0 Å². The molecule has 152 valence electrons. The Morgan fingerprint density at radius 3 is 2.46 bits per heavy atom. The van der Waals surface area contributed by atoms with Crippen LogP contribution in [0.1, 0.15) is 54.9 Å². The lowest BCUT2D eigenvalue weighted by molar-refractivity contribution is -0.145. The van der Waals surface area contributed by atoms with Gasteiger partial charge in [0.25, 0.3) is 11.6 Å². The van der Waals surface area contributed by atoms with Crippen LogP contribution in [0.4, 0.5) is 13.2 Å². The number of aryl methyl sites for hydroxylation is 2. The molecular weight excluding hydrogens is 379 g/mol. The fourth-order valence-electron chi connectivity index (χ4n) is 3.53. The van der Waals surface area contributed by atoms with E-state index in [1.807, 2.05) is 0 Å². The molecule has 1 fully saturated rings. The predicted octanol–water partition coefficient (Wildman–Crippen LogP) is 2.21. The normalized spacial score (nSPS) is 16.0. The van der Waals surface area contributed by atoms with Crippen molar-refractivity contribution in [2.24, 2.45) is 0 Å². The molecule has 8 nitrogen and oxygen atoms in total. The number of alkyl halides is 3. The van der Waals surface area contributed by atoms with Crippen molar-refractivity contribution in [2.75, 3.05) is 0 Å². The Balaban J connectivity index is 1.75. The van der Waals surface area contributed by atoms with Crippen LogP contribution in [0.2, 0.25) is 0 Å².